The van der Waals surface area contributed by atoms with Crippen LogP contribution < -0.4 is 9.46 Å². The van der Waals surface area contributed by atoms with Crippen molar-refractivity contribution >= 4 is 10.0 Å². The molecular weight excluding hydrogens is 328 g/mol. The van der Waals surface area contributed by atoms with E-state index in [4.69, 9.17) is 9.26 Å². The summed E-state index contributed by atoms with van der Waals surface area (Å²) in [5, 5.41) is 3.74. The van der Waals surface area contributed by atoms with E-state index < -0.39 is 15.6 Å². The topological polar surface area (TPSA) is 81.4 Å². The maximum atomic E-state index is 12.8. The average Bonchev–Trinajstić information content (AvgIpc) is 2.76. The first-order chi connectivity index (χ1) is 11.1. The molecule has 6 nitrogen and oxygen atoms in total. The van der Waals surface area contributed by atoms with Gasteiger partial charge in [0.05, 0.1) is 6.04 Å². The molecule has 0 saturated heterocycles. The maximum Gasteiger partial charge on any atom is 0.246 e. The molecule has 0 spiro atoms. The highest BCUT2D eigenvalue weighted by Gasteiger charge is 2.37. The third kappa shape index (κ3) is 3.06. The Morgan fingerprint density at radius 2 is 1.96 bits per heavy atom. The lowest BCUT2D eigenvalue weighted by Crippen LogP contribution is -2.41. The second kappa shape index (κ2) is 5.60. The van der Waals surface area contributed by atoms with E-state index in [1.807, 2.05) is 39.0 Å². The van der Waals surface area contributed by atoms with Gasteiger partial charge in [0.25, 0.3) is 0 Å². The summed E-state index contributed by atoms with van der Waals surface area (Å²) in [5.74, 6) is 1.01. The minimum atomic E-state index is -3.74. The van der Waals surface area contributed by atoms with Crippen molar-refractivity contribution in [2.24, 2.45) is 0 Å². The summed E-state index contributed by atoms with van der Waals surface area (Å²) in [5.41, 5.74) is 1.80. The predicted octanol–water partition coefficient (Wildman–Crippen LogP) is 3.18. The Hall–Kier alpha value is -1.86. The average molecular weight is 350 g/mol. The molecule has 0 bridgehead atoms. The molecule has 0 fully saturated rings. The number of sulfonamides is 1. The number of fused-ring (bicyclic) bond motifs is 1. The molecule has 0 aliphatic carbocycles. The number of hydrogen-bond donors (Lipinski definition) is 1. The summed E-state index contributed by atoms with van der Waals surface area (Å²) >= 11 is 0. The number of nitrogens with one attached hydrogen (secondary N) is 1. The van der Waals surface area contributed by atoms with E-state index in [2.05, 4.69) is 9.88 Å². The van der Waals surface area contributed by atoms with Crippen LogP contribution in [0.1, 0.15) is 48.9 Å². The molecule has 0 radical (unpaired) electrons. The smallest absolute Gasteiger partial charge is 0.246 e. The van der Waals surface area contributed by atoms with Gasteiger partial charge in [0, 0.05) is 12.0 Å². The van der Waals surface area contributed by atoms with Crippen molar-refractivity contribution in [1.29, 1.82) is 0 Å². The normalized spacial score (nSPS) is 19.6. The molecule has 7 heteroatoms. The first kappa shape index (κ1) is 17.0. The highest BCUT2D eigenvalue weighted by molar-refractivity contribution is 7.89. The van der Waals surface area contributed by atoms with Crippen LogP contribution in [0.25, 0.3) is 0 Å². The van der Waals surface area contributed by atoms with E-state index in [0.717, 1.165) is 16.9 Å². The molecule has 0 saturated carbocycles. The Kier molecular flexibility index (Phi) is 3.96. The molecule has 1 atom stereocenters. The Bertz CT molecular complexity index is 864. The van der Waals surface area contributed by atoms with Crippen LogP contribution in [0.5, 0.6) is 5.75 Å². The van der Waals surface area contributed by atoms with Gasteiger partial charge >= 0.3 is 0 Å². The van der Waals surface area contributed by atoms with Gasteiger partial charge in [-0.1, -0.05) is 17.3 Å². The van der Waals surface area contributed by atoms with Crippen molar-refractivity contribution in [3.63, 3.8) is 0 Å². The zero-order valence-corrected chi connectivity index (χ0v) is 15.3. The lowest BCUT2D eigenvalue weighted by molar-refractivity contribution is 0.0701. The molecule has 24 heavy (non-hydrogen) atoms. The molecule has 0 unspecified atom stereocenters. The highest BCUT2D eigenvalue weighted by atomic mass is 32.2. The van der Waals surface area contributed by atoms with E-state index in [1.54, 1.807) is 13.8 Å². The lowest BCUT2D eigenvalue weighted by atomic mass is 9.90. The fourth-order valence-corrected chi connectivity index (χ4v) is 4.71. The summed E-state index contributed by atoms with van der Waals surface area (Å²) in [4.78, 5) is 0.112. The lowest BCUT2D eigenvalue weighted by Gasteiger charge is -2.37. The molecule has 2 heterocycles. The van der Waals surface area contributed by atoms with Crippen molar-refractivity contribution in [3.8, 4) is 5.75 Å². The van der Waals surface area contributed by atoms with Crippen molar-refractivity contribution in [2.75, 3.05) is 0 Å². The van der Waals surface area contributed by atoms with Crippen LogP contribution in [-0.4, -0.2) is 19.2 Å². The highest BCUT2D eigenvalue weighted by Crippen LogP contribution is 2.40. The van der Waals surface area contributed by atoms with Gasteiger partial charge in [0.15, 0.2) is 5.76 Å². The third-order valence-electron chi connectivity index (χ3n) is 4.16. The molecular formula is C17H22N2O4S. The first-order valence-corrected chi connectivity index (χ1v) is 9.32. The minimum absolute atomic E-state index is 0.112. The monoisotopic (exact) mass is 350 g/mol. The van der Waals surface area contributed by atoms with Gasteiger partial charge in [0.2, 0.25) is 10.0 Å². The van der Waals surface area contributed by atoms with E-state index in [9.17, 15) is 8.42 Å². The predicted molar refractivity (Wildman–Crippen MR) is 89.5 cm³/mol. The molecule has 1 aromatic carbocycles. The van der Waals surface area contributed by atoms with Crippen LogP contribution in [0.15, 0.2) is 27.6 Å². The zero-order chi connectivity index (χ0) is 17.7. The number of aromatic nitrogens is 1. The summed E-state index contributed by atoms with van der Waals surface area (Å²) in [6, 6.07) is 5.44. The van der Waals surface area contributed by atoms with Crippen LogP contribution in [0.4, 0.5) is 0 Å². The molecule has 1 aliphatic rings. The minimum Gasteiger partial charge on any atom is -0.487 e. The number of rotatable bonds is 3. The Morgan fingerprint density at radius 1 is 1.25 bits per heavy atom. The zero-order valence-electron chi connectivity index (χ0n) is 14.5. The van der Waals surface area contributed by atoms with Crippen molar-refractivity contribution in [3.05, 3.63) is 40.8 Å². The maximum absolute atomic E-state index is 12.8. The van der Waals surface area contributed by atoms with Gasteiger partial charge in [-0.2, -0.15) is 0 Å². The Morgan fingerprint density at radius 3 is 2.58 bits per heavy atom. The van der Waals surface area contributed by atoms with Gasteiger partial charge in [-0.05, 0) is 46.2 Å². The summed E-state index contributed by atoms with van der Waals surface area (Å²) in [6.07, 6.45) is 0.533. The molecule has 2 aromatic rings. The van der Waals surface area contributed by atoms with Crippen molar-refractivity contribution in [1.82, 2.24) is 9.88 Å². The number of nitrogens with zero attached hydrogens (tertiary/aromatic N) is 1. The summed E-state index contributed by atoms with van der Waals surface area (Å²) in [7, 11) is -3.74. The van der Waals surface area contributed by atoms with Gasteiger partial charge in [-0.25, -0.2) is 13.1 Å². The fraction of sp³-hybridized carbons (Fsp3) is 0.471. The van der Waals surface area contributed by atoms with Gasteiger partial charge in [0.1, 0.15) is 21.9 Å². The van der Waals surface area contributed by atoms with E-state index >= 15 is 0 Å². The molecule has 130 valence electrons. The first-order valence-electron chi connectivity index (χ1n) is 7.84. The molecule has 1 aliphatic heterocycles. The largest absolute Gasteiger partial charge is 0.487 e. The molecule has 0 amide bonds. The van der Waals surface area contributed by atoms with E-state index in [0.29, 0.717) is 12.1 Å². The van der Waals surface area contributed by atoms with Crippen LogP contribution in [-0.2, 0) is 10.0 Å². The molecule has 1 N–H and O–H groups in total. The molecule has 1 aromatic heterocycles. The SMILES string of the molecule is Cc1ccc2c(c1)OC(C)(C)C[C@H]2NS(=O)(=O)c1c(C)noc1C. The summed E-state index contributed by atoms with van der Waals surface area (Å²) < 4.78 is 39.5. The standard InChI is InChI=1S/C17H22N2O4S/c1-10-6-7-13-14(9-17(4,5)22-15(13)8-10)19-24(20,21)16-11(2)18-23-12(16)3/h6-8,14,19H,9H2,1-5H3/t14-/m1/s1. The van der Waals surface area contributed by atoms with Crippen molar-refractivity contribution < 1.29 is 17.7 Å². The number of aryl methyl sites for hydroxylation is 3. The van der Waals surface area contributed by atoms with Crippen LogP contribution in [0.3, 0.4) is 0 Å². The van der Waals surface area contributed by atoms with Crippen LogP contribution >= 0.6 is 0 Å². The molecule has 3 rings (SSSR count). The number of hydrogen-bond acceptors (Lipinski definition) is 5. The second-order valence-corrected chi connectivity index (χ2v) is 8.59. The third-order valence-corrected chi connectivity index (χ3v) is 5.88. The fourth-order valence-electron chi connectivity index (χ4n) is 3.17. The van der Waals surface area contributed by atoms with Crippen molar-refractivity contribution in [2.45, 2.75) is 57.6 Å². The summed E-state index contributed by atoms with van der Waals surface area (Å²) in [6.45, 7) is 9.11. The van der Waals surface area contributed by atoms with Crippen LogP contribution in [0.2, 0.25) is 0 Å². The van der Waals surface area contributed by atoms with E-state index in [1.165, 1.54) is 0 Å². The Labute approximate surface area is 142 Å². The number of benzene rings is 1. The van der Waals surface area contributed by atoms with Gasteiger partial charge < -0.3 is 9.26 Å². The van der Waals surface area contributed by atoms with Gasteiger partial charge in [-0.15, -0.1) is 0 Å². The quantitative estimate of drug-likeness (QED) is 0.919. The number of ether oxygens (including phenoxy) is 1. The van der Waals surface area contributed by atoms with E-state index in [-0.39, 0.29) is 16.7 Å². The Balaban J connectivity index is 2.01. The van der Waals surface area contributed by atoms with Crippen LogP contribution in [0, 0.1) is 20.8 Å². The van der Waals surface area contributed by atoms with Gasteiger partial charge in [-0.3, -0.25) is 0 Å². The second-order valence-electron chi connectivity index (χ2n) is 6.93.